The molecule has 1 fully saturated rings. The third-order valence-electron chi connectivity index (χ3n) is 5.23. The minimum atomic E-state index is -3.40. The van der Waals surface area contributed by atoms with Gasteiger partial charge in [-0.25, -0.2) is 8.42 Å². The van der Waals surface area contributed by atoms with Crippen LogP contribution in [0.1, 0.15) is 25.8 Å². The molecule has 1 aromatic carbocycles. The molecule has 3 nitrogen and oxygen atoms in total. The molecule has 0 spiro atoms. The molecule has 3 aliphatic rings. The summed E-state index contributed by atoms with van der Waals surface area (Å²) in [5.41, 5.74) is 1.90. The van der Waals surface area contributed by atoms with Crippen LogP contribution in [0.5, 0.6) is 0 Å². The van der Waals surface area contributed by atoms with Crippen LogP contribution in [0.15, 0.2) is 47.4 Å². The zero-order valence-corrected chi connectivity index (χ0v) is 13.1. The first kappa shape index (κ1) is 13.1. The van der Waals surface area contributed by atoms with Gasteiger partial charge >= 0.3 is 0 Å². The Kier molecular flexibility index (Phi) is 2.51. The molecular weight excluding hydrogens is 282 g/mol. The van der Waals surface area contributed by atoms with Gasteiger partial charge in [-0.1, -0.05) is 50.3 Å². The Balaban J connectivity index is 1.97. The van der Waals surface area contributed by atoms with Gasteiger partial charge in [0, 0.05) is 5.92 Å². The molecule has 21 heavy (non-hydrogen) atoms. The van der Waals surface area contributed by atoms with E-state index in [-0.39, 0.29) is 17.4 Å². The third-order valence-corrected chi connectivity index (χ3v) is 7.22. The first-order valence-electron chi connectivity index (χ1n) is 7.43. The van der Waals surface area contributed by atoms with E-state index in [1.54, 1.807) is 4.31 Å². The minimum absolute atomic E-state index is 0.00444. The fourth-order valence-corrected chi connectivity index (χ4v) is 6.40. The summed E-state index contributed by atoms with van der Waals surface area (Å²) in [7, 11) is -3.40. The summed E-state index contributed by atoms with van der Waals surface area (Å²) in [4.78, 5) is 0.586. The summed E-state index contributed by atoms with van der Waals surface area (Å²) in [5.74, 6) is -0.00758. The van der Waals surface area contributed by atoms with Gasteiger partial charge in [0.2, 0.25) is 0 Å². The lowest BCUT2D eigenvalue weighted by molar-refractivity contribution is 0.229. The molecule has 0 saturated carbocycles. The number of fused-ring (bicyclic) bond motifs is 4. The predicted octanol–water partition coefficient (Wildman–Crippen LogP) is 3.25. The van der Waals surface area contributed by atoms with E-state index < -0.39 is 10.0 Å². The van der Waals surface area contributed by atoms with Crippen LogP contribution in [0, 0.1) is 11.3 Å². The van der Waals surface area contributed by atoms with E-state index in [1.165, 1.54) is 0 Å². The number of rotatable bonds is 0. The smallest absolute Gasteiger partial charge is 0.261 e. The fraction of sp³-hybridized carbons (Fsp3) is 0.412. The average Bonchev–Trinajstić information content (AvgIpc) is 2.87. The lowest BCUT2D eigenvalue weighted by atomic mass is 9.70. The van der Waals surface area contributed by atoms with Crippen molar-refractivity contribution in [3.63, 3.8) is 0 Å². The van der Waals surface area contributed by atoms with Gasteiger partial charge in [-0.05, 0) is 29.9 Å². The van der Waals surface area contributed by atoms with Crippen molar-refractivity contribution in [2.75, 3.05) is 4.31 Å². The SMILES string of the molecule is CC1(C)[C@@H]2C=CCC=C2S(=O)(=O)N2c3ccccc3C[C@@H]21. The first-order valence-corrected chi connectivity index (χ1v) is 8.87. The van der Waals surface area contributed by atoms with Crippen LogP contribution >= 0.6 is 0 Å². The molecule has 1 saturated heterocycles. The molecular formula is C17H19NO2S. The van der Waals surface area contributed by atoms with Crippen LogP contribution in [0.25, 0.3) is 0 Å². The molecule has 1 aliphatic carbocycles. The van der Waals surface area contributed by atoms with Crippen molar-refractivity contribution in [2.24, 2.45) is 11.3 Å². The Morgan fingerprint density at radius 3 is 2.81 bits per heavy atom. The Hall–Kier alpha value is -1.55. The lowest BCUT2D eigenvalue weighted by Crippen LogP contribution is -2.56. The lowest BCUT2D eigenvalue weighted by Gasteiger charge is -2.49. The maximum absolute atomic E-state index is 13.1. The summed E-state index contributed by atoms with van der Waals surface area (Å²) in [6, 6.07) is 7.90. The van der Waals surface area contributed by atoms with E-state index in [2.05, 4.69) is 26.0 Å². The van der Waals surface area contributed by atoms with Gasteiger partial charge in [0.15, 0.2) is 0 Å². The molecule has 0 amide bonds. The number of nitrogens with zero attached hydrogens (tertiary/aromatic N) is 1. The molecule has 4 heteroatoms. The summed E-state index contributed by atoms with van der Waals surface area (Å²) in [6.07, 6.45) is 7.58. The van der Waals surface area contributed by atoms with E-state index >= 15 is 0 Å². The maximum atomic E-state index is 13.1. The van der Waals surface area contributed by atoms with E-state index in [1.807, 2.05) is 30.3 Å². The summed E-state index contributed by atoms with van der Waals surface area (Å²) in [5, 5.41) is 0. The van der Waals surface area contributed by atoms with Gasteiger partial charge in [0.05, 0.1) is 16.6 Å². The number of hydrogen-bond donors (Lipinski definition) is 0. The average molecular weight is 301 g/mol. The molecule has 0 radical (unpaired) electrons. The quantitative estimate of drug-likeness (QED) is 0.690. The Morgan fingerprint density at radius 2 is 2.00 bits per heavy atom. The number of hydrogen-bond acceptors (Lipinski definition) is 2. The molecule has 0 bridgehead atoms. The van der Waals surface area contributed by atoms with Gasteiger partial charge in [-0.2, -0.15) is 0 Å². The second-order valence-corrected chi connectivity index (χ2v) is 8.53. The van der Waals surface area contributed by atoms with Gasteiger partial charge < -0.3 is 0 Å². The molecule has 1 aromatic rings. The second-order valence-electron chi connectivity index (χ2n) is 6.72. The molecule has 110 valence electrons. The number of anilines is 1. The van der Waals surface area contributed by atoms with Crippen molar-refractivity contribution in [3.8, 4) is 0 Å². The summed E-state index contributed by atoms with van der Waals surface area (Å²) >= 11 is 0. The van der Waals surface area contributed by atoms with Crippen molar-refractivity contribution in [2.45, 2.75) is 32.7 Å². The monoisotopic (exact) mass is 301 g/mol. The van der Waals surface area contributed by atoms with Gasteiger partial charge in [0.25, 0.3) is 10.0 Å². The highest BCUT2D eigenvalue weighted by molar-refractivity contribution is 7.96. The van der Waals surface area contributed by atoms with Crippen molar-refractivity contribution < 1.29 is 8.42 Å². The largest absolute Gasteiger partial charge is 0.262 e. The molecule has 0 aromatic heterocycles. The summed E-state index contributed by atoms with van der Waals surface area (Å²) in [6.45, 7) is 4.39. The minimum Gasteiger partial charge on any atom is -0.262 e. The van der Waals surface area contributed by atoms with Crippen LogP contribution in [0.4, 0.5) is 5.69 Å². The van der Waals surface area contributed by atoms with Crippen molar-refractivity contribution >= 4 is 15.7 Å². The normalized spacial score (nSPS) is 31.1. The highest BCUT2D eigenvalue weighted by atomic mass is 32.2. The van der Waals surface area contributed by atoms with Gasteiger partial charge in [-0.3, -0.25) is 4.31 Å². The van der Waals surface area contributed by atoms with Crippen LogP contribution in [-0.4, -0.2) is 14.5 Å². The molecule has 0 N–H and O–H groups in total. The molecule has 0 unspecified atom stereocenters. The molecule has 2 heterocycles. The van der Waals surface area contributed by atoms with Crippen LogP contribution in [0.2, 0.25) is 0 Å². The Morgan fingerprint density at radius 1 is 1.24 bits per heavy atom. The highest BCUT2D eigenvalue weighted by Crippen LogP contribution is 2.54. The maximum Gasteiger partial charge on any atom is 0.261 e. The number of benzene rings is 1. The van der Waals surface area contributed by atoms with E-state index in [0.717, 1.165) is 17.7 Å². The second kappa shape index (κ2) is 4.01. The van der Waals surface area contributed by atoms with E-state index in [0.29, 0.717) is 11.3 Å². The van der Waals surface area contributed by atoms with Crippen molar-refractivity contribution in [1.82, 2.24) is 0 Å². The summed E-state index contributed by atoms with van der Waals surface area (Å²) < 4.78 is 27.9. The van der Waals surface area contributed by atoms with Crippen LogP contribution in [-0.2, 0) is 16.4 Å². The van der Waals surface area contributed by atoms with Crippen molar-refractivity contribution in [3.05, 3.63) is 53.0 Å². The first-order chi connectivity index (χ1) is 9.94. The Labute approximate surface area is 126 Å². The number of sulfonamides is 1. The molecule has 2 atom stereocenters. The van der Waals surface area contributed by atoms with Crippen LogP contribution < -0.4 is 4.31 Å². The molecule has 2 aliphatic heterocycles. The van der Waals surface area contributed by atoms with E-state index in [4.69, 9.17) is 0 Å². The third kappa shape index (κ3) is 1.57. The standard InChI is InChI=1S/C17H19NO2S/c1-17(2)13-8-4-6-10-15(13)21(19,20)18-14-9-5-3-7-12(14)11-16(17)18/h3-5,7-10,13,16H,6,11H2,1-2H3/t13-,16-/m1/s1. The zero-order valence-electron chi connectivity index (χ0n) is 12.3. The Bertz CT molecular complexity index is 774. The van der Waals surface area contributed by atoms with Gasteiger partial charge in [0.1, 0.15) is 0 Å². The zero-order chi connectivity index (χ0) is 14.8. The number of para-hydroxylation sites is 1. The molecule has 4 rings (SSSR count). The topological polar surface area (TPSA) is 37.4 Å². The van der Waals surface area contributed by atoms with E-state index in [9.17, 15) is 8.42 Å². The highest BCUT2D eigenvalue weighted by Gasteiger charge is 2.56. The van der Waals surface area contributed by atoms with Gasteiger partial charge in [-0.15, -0.1) is 0 Å². The van der Waals surface area contributed by atoms with Crippen LogP contribution in [0.3, 0.4) is 0 Å². The number of allylic oxidation sites excluding steroid dienone is 4. The predicted molar refractivity (Wildman–Crippen MR) is 84.4 cm³/mol. The fourth-order valence-electron chi connectivity index (χ4n) is 4.04. The van der Waals surface area contributed by atoms with Crippen molar-refractivity contribution in [1.29, 1.82) is 0 Å².